The summed E-state index contributed by atoms with van der Waals surface area (Å²) in [4.78, 5) is 2.62. The summed E-state index contributed by atoms with van der Waals surface area (Å²) in [6.45, 7) is 6.33. The summed E-state index contributed by atoms with van der Waals surface area (Å²) >= 11 is 0. The number of nitrogens with zero attached hydrogens (tertiary/aromatic N) is 1. The van der Waals surface area contributed by atoms with E-state index >= 15 is 0 Å². The van der Waals surface area contributed by atoms with E-state index in [1.165, 1.54) is 45.3 Å². The lowest BCUT2D eigenvalue weighted by molar-refractivity contribution is 0.211. The normalized spacial score (nSPS) is 20.1. The molecule has 0 unspecified atom stereocenters. The number of likely N-dealkylation sites (tertiary alicyclic amines) is 1. The molecule has 1 saturated carbocycles. The number of aliphatic hydroxyl groups excluding tert-OH is 1. The van der Waals surface area contributed by atoms with Gasteiger partial charge >= 0.3 is 0 Å². The fourth-order valence-corrected chi connectivity index (χ4v) is 3.25. The Morgan fingerprint density at radius 3 is 2.64 bits per heavy atom. The molecule has 1 aromatic rings. The number of hydrogen-bond acceptors (Lipinski definition) is 4. The number of anilines is 1. The van der Waals surface area contributed by atoms with Gasteiger partial charge in [0.15, 0.2) is 0 Å². The smallest absolute Gasteiger partial charge is 0.124 e. The van der Waals surface area contributed by atoms with Gasteiger partial charge in [0.05, 0.1) is 13.2 Å². The van der Waals surface area contributed by atoms with E-state index in [-0.39, 0.29) is 6.61 Å². The Bertz CT molecular complexity index is 480. The van der Waals surface area contributed by atoms with Crippen molar-refractivity contribution in [3.8, 4) is 5.75 Å². The van der Waals surface area contributed by atoms with Crippen LogP contribution in [0.15, 0.2) is 18.2 Å². The van der Waals surface area contributed by atoms with E-state index in [2.05, 4.69) is 16.3 Å². The maximum absolute atomic E-state index is 9.49. The lowest BCUT2D eigenvalue weighted by Gasteiger charge is -2.33. The van der Waals surface area contributed by atoms with Crippen molar-refractivity contribution in [3.05, 3.63) is 23.8 Å². The highest BCUT2D eigenvalue weighted by molar-refractivity contribution is 5.51. The van der Waals surface area contributed by atoms with Crippen molar-refractivity contribution in [2.45, 2.75) is 45.3 Å². The minimum Gasteiger partial charge on any atom is -0.494 e. The van der Waals surface area contributed by atoms with E-state index in [0.717, 1.165) is 22.9 Å². The molecule has 122 valence electrons. The van der Waals surface area contributed by atoms with E-state index in [1.807, 2.05) is 19.1 Å². The minimum absolute atomic E-state index is 0.0185. The molecule has 2 aliphatic rings. The summed E-state index contributed by atoms with van der Waals surface area (Å²) < 4.78 is 5.54. The molecule has 0 bridgehead atoms. The summed E-state index contributed by atoms with van der Waals surface area (Å²) in [7, 11) is 0. The van der Waals surface area contributed by atoms with Crippen molar-refractivity contribution in [3.63, 3.8) is 0 Å². The highest BCUT2D eigenvalue weighted by Crippen LogP contribution is 2.31. The molecule has 3 rings (SSSR count). The van der Waals surface area contributed by atoms with Gasteiger partial charge in [-0.05, 0) is 56.7 Å². The fourth-order valence-electron chi connectivity index (χ4n) is 3.25. The Kier molecular flexibility index (Phi) is 5.21. The molecule has 4 nitrogen and oxygen atoms in total. The van der Waals surface area contributed by atoms with Crippen LogP contribution in [0.1, 0.15) is 38.2 Å². The van der Waals surface area contributed by atoms with Crippen LogP contribution in [0.5, 0.6) is 5.75 Å². The molecule has 0 radical (unpaired) electrons. The van der Waals surface area contributed by atoms with Crippen LogP contribution >= 0.6 is 0 Å². The largest absolute Gasteiger partial charge is 0.494 e. The number of benzene rings is 1. The standard InChI is InChI=1S/C18H28N2O2/c1-2-22-18-6-5-17(11-15(18)13-21)19-16-7-9-20(10-8-16)12-14-3-4-14/h5-6,11,14,16,19,21H,2-4,7-10,12-13H2,1H3. The Hall–Kier alpha value is -1.26. The zero-order valence-corrected chi connectivity index (χ0v) is 13.6. The van der Waals surface area contributed by atoms with Crippen molar-refractivity contribution < 1.29 is 9.84 Å². The Balaban J connectivity index is 1.52. The van der Waals surface area contributed by atoms with Crippen LogP contribution < -0.4 is 10.1 Å². The highest BCUT2D eigenvalue weighted by Gasteiger charge is 2.27. The van der Waals surface area contributed by atoms with Crippen molar-refractivity contribution >= 4 is 5.69 Å². The van der Waals surface area contributed by atoms with Gasteiger partial charge in [0.2, 0.25) is 0 Å². The molecule has 0 aromatic heterocycles. The number of piperidine rings is 1. The lowest BCUT2D eigenvalue weighted by atomic mass is 10.0. The van der Waals surface area contributed by atoms with Gasteiger partial charge in [0.1, 0.15) is 5.75 Å². The van der Waals surface area contributed by atoms with Gasteiger partial charge in [-0.25, -0.2) is 0 Å². The molecule has 0 atom stereocenters. The molecule has 1 aromatic carbocycles. The van der Waals surface area contributed by atoms with Crippen LogP contribution in [0.25, 0.3) is 0 Å². The lowest BCUT2D eigenvalue weighted by Crippen LogP contribution is -2.40. The third-order valence-corrected chi connectivity index (χ3v) is 4.70. The first kappa shape index (κ1) is 15.6. The Morgan fingerprint density at radius 2 is 2.00 bits per heavy atom. The first-order valence-electron chi connectivity index (χ1n) is 8.64. The first-order valence-corrected chi connectivity index (χ1v) is 8.64. The van der Waals surface area contributed by atoms with Gasteiger partial charge in [-0.1, -0.05) is 0 Å². The number of nitrogens with one attached hydrogen (secondary N) is 1. The Morgan fingerprint density at radius 1 is 1.23 bits per heavy atom. The monoisotopic (exact) mass is 304 g/mol. The molecular formula is C18H28N2O2. The molecule has 1 saturated heterocycles. The molecule has 4 heteroatoms. The summed E-state index contributed by atoms with van der Waals surface area (Å²) in [6, 6.07) is 6.57. The molecule has 2 N–H and O–H groups in total. The van der Waals surface area contributed by atoms with Crippen LogP contribution in [-0.4, -0.2) is 42.3 Å². The van der Waals surface area contributed by atoms with Gasteiger partial charge in [-0.15, -0.1) is 0 Å². The predicted molar refractivity (Wildman–Crippen MR) is 89.3 cm³/mol. The SMILES string of the molecule is CCOc1ccc(NC2CCN(CC3CC3)CC2)cc1CO. The number of rotatable bonds is 7. The summed E-state index contributed by atoms with van der Waals surface area (Å²) in [5, 5.41) is 13.1. The fraction of sp³-hybridized carbons (Fsp3) is 0.667. The summed E-state index contributed by atoms with van der Waals surface area (Å²) in [5.74, 6) is 1.78. The van der Waals surface area contributed by atoms with E-state index in [9.17, 15) is 5.11 Å². The van der Waals surface area contributed by atoms with E-state index in [1.54, 1.807) is 0 Å². The first-order chi connectivity index (χ1) is 10.8. The van der Waals surface area contributed by atoms with Gasteiger partial charge < -0.3 is 20.1 Å². The number of aliphatic hydroxyl groups is 1. The second-order valence-corrected chi connectivity index (χ2v) is 6.58. The highest BCUT2D eigenvalue weighted by atomic mass is 16.5. The van der Waals surface area contributed by atoms with Gasteiger partial charge in [-0.3, -0.25) is 0 Å². The topological polar surface area (TPSA) is 44.7 Å². The maximum Gasteiger partial charge on any atom is 0.124 e. The molecule has 1 aliphatic heterocycles. The molecule has 0 amide bonds. The second kappa shape index (κ2) is 7.34. The summed E-state index contributed by atoms with van der Waals surface area (Å²) in [6.07, 6.45) is 5.28. The van der Waals surface area contributed by atoms with Gasteiger partial charge in [0, 0.05) is 36.9 Å². The van der Waals surface area contributed by atoms with Crippen LogP contribution in [0.4, 0.5) is 5.69 Å². The van der Waals surface area contributed by atoms with E-state index in [0.29, 0.717) is 12.6 Å². The van der Waals surface area contributed by atoms with E-state index in [4.69, 9.17) is 4.74 Å². The van der Waals surface area contributed by atoms with Crippen molar-refractivity contribution in [1.82, 2.24) is 4.90 Å². The van der Waals surface area contributed by atoms with Crippen LogP contribution in [0, 0.1) is 5.92 Å². The molecule has 22 heavy (non-hydrogen) atoms. The van der Waals surface area contributed by atoms with Crippen molar-refractivity contribution in [1.29, 1.82) is 0 Å². The number of ether oxygens (including phenoxy) is 1. The molecule has 1 heterocycles. The van der Waals surface area contributed by atoms with Crippen molar-refractivity contribution in [2.24, 2.45) is 5.92 Å². The molecule has 2 fully saturated rings. The Labute approximate surface area is 133 Å². The molecular weight excluding hydrogens is 276 g/mol. The zero-order valence-electron chi connectivity index (χ0n) is 13.6. The quantitative estimate of drug-likeness (QED) is 0.813. The predicted octanol–water partition coefficient (Wildman–Crippen LogP) is 2.86. The van der Waals surface area contributed by atoms with Crippen LogP contribution in [-0.2, 0) is 6.61 Å². The third kappa shape index (κ3) is 4.14. The average Bonchev–Trinajstić information content (AvgIpc) is 3.35. The van der Waals surface area contributed by atoms with Gasteiger partial charge in [-0.2, -0.15) is 0 Å². The van der Waals surface area contributed by atoms with Crippen LogP contribution in [0.2, 0.25) is 0 Å². The molecule has 1 aliphatic carbocycles. The zero-order chi connectivity index (χ0) is 15.4. The van der Waals surface area contributed by atoms with Crippen molar-refractivity contribution in [2.75, 3.05) is 31.6 Å². The maximum atomic E-state index is 9.49. The van der Waals surface area contributed by atoms with E-state index < -0.39 is 0 Å². The third-order valence-electron chi connectivity index (χ3n) is 4.70. The molecule has 0 spiro atoms. The second-order valence-electron chi connectivity index (χ2n) is 6.58. The summed E-state index contributed by atoms with van der Waals surface area (Å²) in [5.41, 5.74) is 1.95. The van der Waals surface area contributed by atoms with Crippen LogP contribution in [0.3, 0.4) is 0 Å². The number of hydrogen-bond donors (Lipinski definition) is 2. The minimum atomic E-state index is 0.0185. The van der Waals surface area contributed by atoms with Gasteiger partial charge in [0.25, 0.3) is 0 Å². The average molecular weight is 304 g/mol.